The van der Waals surface area contributed by atoms with Crippen LogP contribution in [0.2, 0.25) is 0 Å². The molecule has 1 aliphatic heterocycles. The Kier molecular flexibility index (Phi) is 6.43. The average molecular weight is 504 g/mol. The number of benzene rings is 1. The Labute approximate surface area is 221 Å². The van der Waals surface area contributed by atoms with Crippen LogP contribution in [0.1, 0.15) is 76.2 Å². The second kappa shape index (κ2) is 9.50. The zero-order chi connectivity index (χ0) is 25.8. The molecule has 1 aromatic rings. The third kappa shape index (κ3) is 3.79. The summed E-state index contributed by atoms with van der Waals surface area (Å²) in [5.41, 5.74) is 5.86. The molecule has 6 rings (SSSR count). The van der Waals surface area contributed by atoms with Crippen molar-refractivity contribution in [2.75, 3.05) is 38.8 Å². The summed E-state index contributed by atoms with van der Waals surface area (Å²) in [4.78, 5) is 28.4. The van der Waals surface area contributed by atoms with Gasteiger partial charge in [-0.25, -0.2) is 0 Å². The van der Waals surface area contributed by atoms with Crippen molar-refractivity contribution >= 4 is 17.3 Å². The molecule has 2 saturated carbocycles. The number of carbonyl (C=O) groups is 2. The van der Waals surface area contributed by atoms with Gasteiger partial charge in [-0.05, 0) is 98.1 Å². The largest absolute Gasteiger partial charge is 0.377 e. The lowest BCUT2D eigenvalue weighted by atomic mass is 9.50. The van der Waals surface area contributed by atoms with Crippen LogP contribution in [-0.2, 0) is 19.1 Å². The van der Waals surface area contributed by atoms with Crippen molar-refractivity contribution in [1.82, 2.24) is 0 Å². The topological polar surface area (TPSA) is 55.8 Å². The number of allylic oxidation sites excluding steroid dienone is 4. The molecular weight excluding hydrogens is 462 g/mol. The summed E-state index contributed by atoms with van der Waals surface area (Å²) in [7, 11) is 3.33. The van der Waals surface area contributed by atoms with E-state index >= 15 is 0 Å². The Hall–Kier alpha value is -2.24. The molecule has 0 amide bonds. The van der Waals surface area contributed by atoms with Gasteiger partial charge in [-0.2, -0.15) is 0 Å². The first-order chi connectivity index (χ1) is 17.9. The first kappa shape index (κ1) is 25.1. The molecule has 0 bridgehead atoms. The SMILES string of the molecule is COCC(=O)[C@@]1(OC)CC[C@H]2[C@@H]3CCC4=CC(=O)CCC4=C3[C@@H](c3ccc(N4CCCC4)cc3)C[C@@]21C. The molecular formula is C32H41NO4. The van der Waals surface area contributed by atoms with Crippen LogP contribution in [0.5, 0.6) is 0 Å². The van der Waals surface area contributed by atoms with Crippen molar-refractivity contribution in [1.29, 1.82) is 0 Å². The summed E-state index contributed by atoms with van der Waals surface area (Å²) in [6, 6.07) is 9.26. The van der Waals surface area contributed by atoms with Crippen LogP contribution in [0.15, 0.2) is 47.1 Å². The standard InChI is InChI=1S/C32H41NO4/c1-31-19-27(21-6-9-23(10-7-21)33-16-4-5-17-33)30-25-13-11-24(34)18-22(25)8-12-26(30)28(31)14-15-32(31,37-3)29(35)20-36-2/h6-7,9-10,18,26-28H,4-5,8,11-17,19-20H2,1-3H3/t26-,27+,28-,31-,32-/m0/s1. The molecule has 5 atom stereocenters. The lowest BCUT2D eigenvalue weighted by Crippen LogP contribution is -2.57. The lowest BCUT2D eigenvalue weighted by Gasteiger charge is -2.55. The Morgan fingerprint density at radius 2 is 1.81 bits per heavy atom. The fraction of sp³-hybridized carbons (Fsp3) is 0.625. The van der Waals surface area contributed by atoms with Crippen LogP contribution in [0, 0.1) is 17.3 Å². The summed E-state index contributed by atoms with van der Waals surface area (Å²) < 4.78 is 11.6. The molecule has 5 heteroatoms. The highest BCUT2D eigenvalue weighted by Crippen LogP contribution is 2.67. The molecule has 0 radical (unpaired) electrons. The van der Waals surface area contributed by atoms with Gasteiger partial charge in [0, 0.05) is 50.8 Å². The van der Waals surface area contributed by atoms with Crippen LogP contribution in [0.25, 0.3) is 0 Å². The van der Waals surface area contributed by atoms with E-state index in [4.69, 9.17) is 9.47 Å². The zero-order valence-electron chi connectivity index (χ0n) is 22.7. The van der Waals surface area contributed by atoms with Gasteiger partial charge < -0.3 is 14.4 Å². The van der Waals surface area contributed by atoms with Gasteiger partial charge in [0.15, 0.2) is 11.6 Å². The Morgan fingerprint density at radius 3 is 2.51 bits per heavy atom. The third-order valence-corrected chi connectivity index (χ3v) is 10.7. The second-order valence-corrected chi connectivity index (χ2v) is 12.2. The van der Waals surface area contributed by atoms with Gasteiger partial charge in [0.05, 0.1) is 0 Å². The molecule has 0 spiro atoms. The summed E-state index contributed by atoms with van der Waals surface area (Å²) in [6.07, 6.45) is 10.6. The predicted molar refractivity (Wildman–Crippen MR) is 145 cm³/mol. The molecule has 37 heavy (non-hydrogen) atoms. The maximum absolute atomic E-state index is 13.6. The van der Waals surface area contributed by atoms with Crippen LogP contribution >= 0.6 is 0 Å². The highest BCUT2D eigenvalue weighted by molar-refractivity contribution is 5.93. The van der Waals surface area contributed by atoms with E-state index in [1.807, 2.05) is 6.08 Å². The monoisotopic (exact) mass is 503 g/mol. The fourth-order valence-corrected chi connectivity index (χ4v) is 8.99. The molecule has 198 valence electrons. The van der Waals surface area contributed by atoms with Gasteiger partial charge in [-0.3, -0.25) is 9.59 Å². The zero-order valence-corrected chi connectivity index (χ0v) is 22.7. The fourth-order valence-electron chi connectivity index (χ4n) is 8.99. The van der Waals surface area contributed by atoms with E-state index in [2.05, 4.69) is 36.1 Å². The van der Waals surface area contributed by atoms with E-state index in [1.54, 1.807) is 19.8 Å². The number of hydrogen-bond donors (Lipinski definition) is 0. The van der Waals surface area contributed by atoms with E-state index < -0.39 is 5.60 Å². The first-order valence-electron chi connectivity index (χ1n) is 14.3. The Balaban J connectivity index is 1.46. The number of anilines is 1. The molecule has 3 fully saturated rings. The highest BCUT2D eigenvalue weighted by Gasteiger charge is 2.66. The molecule has 0 aromatic heterocycles. The van der Waals surface area contributed by atoms with E-state index in [-0.39, 0.29) is 29.5 Å². The van der Waals surface area contributed by atoms with Gasteiger partial charge in [0.25, 0.3) is 0 Å². The van der Waals surface area contributed by atoms with E-state index in [0.29, 0.717) is 18.3 Å². The van der Waals surface area contributed by atoms with Crippen LogP contribution in [-0.4, -0.2) is 51.1 Å². The van der Waals surface area contributed by atoms with Crippen LogP contribution < -0.4 is 4.90 Å². The molecule has 5 nitrogen and oxygen atoms in total. The number of ether oxygens (including phenoxy) is 2. The maximum Gasteiger partial charge on any atom is 0.190 e. The molecule has 1 aromatic carbocycles. The van der Waals surface area contributed by atoms with Crippen molar-refractivity contribution in [3.8, 4) is 0 Å². The third-order valence-electron chi connectivity index (χ3n) is 10.7. The minimum Gasteiger partial charge on any atom is -0.377 e. The first-order valence-corrected chi connectivity index (χ1v) is 14.3. The quantitative estimate of drug-likeness (QED) is 0.492. The minimum atomic E-state index is -0.809. The van der Waals surface area contributed by atoms with Gasteiger partial charge in [0.2, 0.25) is 0 Å². The normalized spacial score (nSPS) is 35.2. The summed E-state index contributed by atoms with van der Waals surface area (Å²) in [5.74, 6) is 1.41. The molecule has 4 aliphatic carbocycles. The maximum atomic E-state index is 13.6. The van der Waals surface area contributed by atoms with Crippen molar-refractivity contribution in [2.45, 2.75) is 76.2 Å². The second-order valence-electron chi connectivity index (χ2n) is 12.2. The van der Waals surface area contributed by atoms with E-state index in [9.17, 15) is 9.59 Å². The van der Waals surface area contributed by atoms with Gasteiger partial charge >= 0.3 is 0 Å². The number of fused-ring (bicyclic) bond motifs is 4. The minimum absolute atomic E-state index is 0.0846. The molecule has 0 unspecified atom stereocenters. The summed E-state index contributed by atoms with van der Waals surface area (Å²) in [6.45, 7) is 4.70. The van der Waals surface area contributed by atoms with Crippen molar-refractivity contribution < 1.29 is 19.1 Å². The van der Waals surface area contributed by atoms with E-state index in [1.165, 1.54) is 35.2 Å². The van der Waals surface area contributed by atoms with Crippen molar-refractivity contribution in [2.24, 2.45) is 17.3 Å². The Morgan fingerprint density at radius 1 is 1.05 bits per heavy atom. The lowest BCUT2D eigenvalue weighted by molar-refractivity contribution is -0.166. The Bertz CT molecular complexity index is 1140. The smallest absolute Gasteiger partial charge is 0.190 e. The predicted octanol–water partition coefficient (Wildman–Crippen LogP) is 5.79. The van der Waals surface area contributed by atoms with Gasteiger partial charge in [0.1, 0.15) is 12.2 Å². The number of rotatable bonds is 6. The number of Topliss-reactive ketones (excluding diaryl/α,β-unsaturated/α-hetero) is 1. The molecule has 1 heterocycles. The summed E-state index contributed by atoms with van der Waals surface area (Å²) >= 11 is 0. The number of nitrogens with zero attached hydrogens (tertiary/aromatic N) is 1. The number of ketones is 2. The highest BCUT2D eigenvalue weighted by atomic mass is 16.5. The number of hydrogen-bond acceptors (Lipinski definition) is 5. The van der Waals surface area contributed by atoms with Crippen LogP contribution in [0.4, 0.5) is 5.69 Å². The van der Waals surface area contributed by atoms with Gasteiger partial charge in [-0.15, -0.1) is 0 Å². The van der Waals surface area contributed by atoms with Crippen molar-refractivity contribution in [3.05, 3.63) is 52.6 Å². The summed E-state index contributed by atoms with van der Waals surface area (Å²) in [5, 5.41) is 0. The molecule has 1 saturated heterocycles. The van der Waals surface area contributed by atoms with Crippen molar-refractivity contribution in [3.63, 3.8) is 0 Å². The number of carbonyl (C=O) groups excluding carboxylic acids is 2. The molecule has 0 N–H and O–H groups in total. The molecule has 5 aliphatic rings. The number of methoxy groups -OCH3 is 2. The van der Waals surface area contributed by atoms with E-state index in [0.717, 1.165) is 51.6 Å². The van der Waals surface area contributed by atoms with Gasteiger partial charge in [-0.1, -0.05) is 24.6 Å². The van der Waals surface area contributed by atoms with Crippen LogP contribution in [0.3, 0.4) is 0 Å². The average Bonchev–Trinajstić information content (AvgIpc) is 3.55.